The van der Waals surface area contributed by atoms with Gasteiger partial charge in [-0.15, -0.1) is 0 Å². The van der Waals surface area contributed by atoms with Gasteiger partial charge in [0, 0.05) is 179 Å². The summed E-state index contributed by atoms with van der Waals surface area (Å²) < 4.78 is 57.1. The number of carbonyl (C=O) groups excluding carboxylic acids is 6. The van der Waals surface area contributed by atoms with Crippen LogP contribution in [0, 0.1) is 0 Å². The predicted octanol–water partition coefficient (Wildman–Crippen LogP) is 19.8. The van der Waals surface area contributed by atoms with Gasteiger partial charge in [0.05, 0.1) is 12.7 Å². The molecule has 2 N–H and O–H groups in total. The Bertz CT molecular complexity index is 6680. The van der Waals surface area contributed by atoms with E-state index < -0.39 is 0 Å². The number of anilines is 2. The quantitative estimate of drug-likeness (QED) is 0.0477. The molecule has 0 fully saturated rings. The number of aryl methyl sites for hydroxylation is 3. The lowest BCUT2D eigenvalue weighted by atomic mass is 9.98. The molecule has 0 spiro atoms. The first-order valence-electron chi connectivity index (χ1n) is 50.0. The minimum Gasteiger partial charge on any atom is -0.486 e. The summed E-state index contributed by atoms with van der Waals surface area (Å²) in [6.45, 7) is 18.7. The van der Waals surface area contributed by atoms with Gasteiger partial charge in [0.1, 0.15) is 71.9 Å². The van der Waals surface area contributed by atoms with Crippen LogP contribution in [0.1, 0.15) is 176 Å². The monoisotopic (exact) mass is 1920 g/mol. The van der Waals surface area contributed by atoms with Gasteiger partial charge >= 0.3 is 0 Å². The Morgan fingerprint density at radius 2 is 0.748 bits per heavy atom. The number of hydrogen-bond donors (Lipinski definition) is 2. The van der Waals surface area contributed by atoms with Gasteiger partial charge in [0.25, 0.3) is 0 Å². The molecule has 0 aliphatic carbocycles. The number of ketones is 6. The van der Waals surface area contributed by atoms with Crippen LogP contribution in [0.25, 0.3) is 11.1 Å². The van der Waals surface area contributed by atoms with E-state index in [1.807, 2.05) is 109 Å². The maximum atomic E-state index is 12.6. The van der Waals surface area contributed by atoms with E-state index in [1.165, 1.54) is 62.2 Å². The Hall–Kier alpha value is -15.2. The van der Waals surface area contributed by atoms with Crippen molar-refractivity contribution >= 4 is 51.9 Å². The topological polar surface area (TPSA) is 262 Å². The fourth-order valence-corrected chi connectivity index (χ4v) is 19.4. The second-order valence-corrected chi connectivity index (χ2v) is 36.9. The number of aliphatic imine (C=N–C) groups is 1. The molecule has 0 radical (unpaired) electrons. The molecule has 0 amide bonds. The Morgan fingerprint density at radius 3 is 1.27 bits per heavy atom. The molecule has 0 saturated carbocycles. The zero-order valence-electron chi connectivity index (χ0n) is 80.6. The number of carbonyl (C=O) groups is 6. The summed E-state index contributed by atoms with van der Waals surface area (Å²) in [4.78, 5) is 88.2. The van der Waals surface area contributed by atoms with E-state index in [0.717, 1.165) is 148 Å². The molecule has 0 atom stereocenters. The molecule has 12 heterocycles. The van der Waals surface area contributed by atoms with Gasteiger partial charge in [0.15, 0.2) is 92.2 Å². The number of fused-ring (bicyclic) bond motifs is 11. The van der Waals surface area contributed by atoms with Crippen molar-refractivity contribution in [3.63, 3.8) is 0 Å². The van der Waals surface area contributed by atoms with Crippen molar-refractivity contribution in [1.29, 1.82) is 0 Å². The standard InChI is InChI=1S/C20H18N2O3.C20H22N2O.C20H19NO4.C20H21NO3.C19H18N2O3.C19H21NO2/c23-18(16-6-7-19-20(12-16)25-11-10-24-19)8-9-22-14-17(13-21-22)15-4-2-1-3-5-15;23-20(16-7-8-19-15(12-16)6-3-10-21-19)9-11-22-13-17-4-1-2-5-18(17)14-22;22-17(14-5-6-19-20(13-14)25-12-11-24-19)7-9-21-10-8-18(23)15-3-1-2-4-16(15)21;22-18(15-7-8-19-20(12-15)24-11-10-23-19)6-3-9-21-13-16-4-1-2-5-17(16)14-21;22-16(13-5-6-17-18(11-13)24-10-9-23-17)7-8-20-19-15-4-2-1-3-14(15)12-21-19;1-2-6-17-14-20(13-16(17)5-1)9-3-4-15-7-8-18-19(12-15)22-11-10-21-18/h1-7,12-14H,8-11H2;1-2,4-5,7-8,12,21H,3,6,9-11,13-14H2;1-6,13H,7-12H2;1-2,4-5,7-8,12H,3,6,9-11,13-14H2;1-6,11H,7-10,12H2,(H,20,21);1-2,5-8,12H,3-4,9-11,13-14H2. The number of amidine groups is 1. The van der Waals surface area contributed by atoms with Gasteiger partial charge in [0.2, 0.25) is 0 Å². The number of nitrogens with zero attached hydrogens (tertiary/aromatic N) is 7. The fourth-order valence-electron chi connectivity index (χ4n) is 19.4. The third-order valence-electron chi connectivity index (χ3n) is 27.0. The summed E-state index contributed by atoms with van der Waals surface area (Å²) in [7, 11) is 0. The summed E-state index contributed by atoms with van der Waals surface area (Å²) in [5.41, 5.74) is 22.1. The van der Waals surface area contributed by atoms with Crippen molar-refractivity contribution in [2.75, 3.05) is 122 Å². The van der Waals surface area contributed by atoms with E-state index in [2.05, 4.69) is 150 Å². The van der Waals surface area contributed by atoms with Gasteiger partial charge in [-0.3, -0.25) is 53.1 Å². The number of para-hydroxylation sites is 1. The summed E-state index contributed by atoms with van der Waals surface area (Å²) in [6, 6.07) is 85.6. The highest BCUT2D eigenvalue weighted by Gasteiger charge is 2.29. The van der Waals surface area contributed by atoms with E-state index in [4.69, 9.17) is 47.4 Å². The molecule has 143 heavy (non-hydrogen) atoms. The number of rotatable bonds is 26. The van der Waals surface area contributed by atoms with Gasteiger partial charge in [-0.25, -0.2) is 0 Å². The lowest BCUT2D eigenvalue weighted by molar-refractivity contribution is 0.0957. The lowest BCUT2D eigenvalue weighted by Gasteiger charge is -2.30. The van der Waals surface area contributed by atoms with Gasteiger partial charge in [-0.05, 0) is 216 Å². The van der Waals surface area contributed by atoms with Crippen molar-refractivity contribution in [2.24, 2.45) is 4.99 Å². The van der Waals surface area contributed by atoms with Crippen molar-refractivity contribution in [3.05, 3.63) is 362 Å². The smallest absolute Gasteiger partial charge is 0.166 e. The average molecular weight is 1920 g/mol. The number of nitrogens with one attached hydrogen (secondary N) is 2. The Morgan fingerprint density at radius 1 is 0.343 bits per heavy atom. The van der Waals surface area contributed by atoms with Crippen LogP contribution in [-0.2, 0) is 65.2 Å². The highest BCUT2D eigenvalue weighted by Crippen LogP contribution is 2.39. The summed E-state index contributed by atoms with van der Waals surface area (Å²) in [6.07, 6.45) is 12.0. The molecule has 25 nitrogen and oxygen atoms in total. The zero-order valence-corrected chi connectivity index (χ0v) is 80.6. The number of benzene rings is 12. The summed E-state index contributed by atoms with van der Waals surface area (Å²) >= 11 is 0. The van der Waals surface area contributed by atoms with Crippen molar-refractivity contribution in [3.8, 4) is 68.6 Å². The minimum atomic E-state index is 0.0614. The number of aromatic nitrogens is 2. The first kappa shape index (κ1) is 96.7. The largest absolute Gasteiger partial charge is 0.486 e. The fraction of sp³-hybridized carbons (Fsp3) is 0.305. The van der Waals surface area contributed by atoms with Crippen LogP contribution in [0.4, 0.5) is 11.4 Å². The van der Waals surface area contributed by atoms with E-state index in [-0.39, 0.29) is 34.7 Å². The normalized spacial score (nSPS) is 15.3. The second-order valence-electron chi connectivity index (χ2n) is 36.9. The Kier molecular flexibility index (Phi) is 32.0. The van der Waals surface area contributed by atoms with Gasteiger partial charge in [-0.1, -0.05) is 146 Å². The third-order valence-corrected chi connectivity index (χ3v) is 27.0. The zero-order chi connectivity index (χ0) is 97.4. The van der Waals surface area contributed by atoms with E-state index in [0.29, 0.717) is 200 Å². The summed E-state index contributed by atoms with van der Waals surface area (Å²) in [5, 5.41) is 11.0. The van der Waals surface area contributed by atoms with Crippen molar-refractivity contribution < 1.29 is 76.1 Å². The van der Waals surface area contributed by atoms with Crippen LogP contribution in [0.15, 0.2) is 278 Å². The first-order chi connectivity index (χ1) is 70.3. The molecule has 1 aromatic heterocycles. The molecule has 12 aromatic carbocycles. The van der Waals surface area contributed by atoms with Crippen molar-refractivity contribution in [2.45, 2.75) is 123 Å². The molecular weight excluding hydrogens is 1800 g/mol. The van der Waals surface area contributed by atoms with E-state index in [9.17, 15) is 28.8 Å². The highest BCUT2D eigenvalue weighted by atomic mass is 16.6. The molecule has 13 aromatic rings. The van der Waals surface area contributed by atoms with Crippen LogP contribution >= 0.6 is 0 Å². The molecule has 0 bridgehead atoms. The van der Waals surface area contributed by atoms with Crippen LogP contribution in [-0.4, -0.2) is 177 Å². The molecule has 24 rings (SSSR count). The number of ether oxygens (including phenoxy) is 10. The predicted molar refractivity (Wildman–Crippen MR) is 550 cm³/mol. The van der Waals surface area contributed by atoms with Crippen LogP contribution in [0.3, 0.4) is 0 Å². The SMILES string of the molecule is O=C(CCCN1Cc2ccccc2C1)c1ccc2c(c1)OCCO2.O=C(CCN1CCC(=O)c2ccccc21)c1ccc2c(c1)OCCO2.O=C(CCN1Cc2ccccc2C1)c1ccc2c(c1)CCCN2.O=C(CCNC1=NCc2ccccc21)c1ccc2c(c1)OCCO2.O=C(CCn1cc(-c2ccccc2)cn1)c1ccc2c(c1)OCCO2.c1ccc2c(c1)CN(CCCc1ccc3c(c1)OCCO3)C2. The maximum absolute atomic E-state index is 12.6. The van der Waals surface area contributed by atoms with E-state index >= 15 is 0 Å². The average Bonchev–Trinajstić information content (AvgIpc) is 1.49. The maximum Gasteiger partial charge on any atom is 0.166 e. The second kappa shape index (κ2) is 47.4. The molecular formula is C118H119N9O16. The molecule has 25 heteroatoms. The lowest BCUT2D eigenvalue weighted by Crippen LogP contribution is -2.33. The highest BCUT2D eigenvalue weighted by molar-refractivity contribution is 6.05. The first-order valence-corrected chi connectivity index (χ1v) is 50.0. The van der Waals surface area contributed by atoms with Crippen LogP contribution < -0.4 is 62.9 Å². The number of Topliss-reactive ketones (excluding diaryl/α,β-unsaturated/α-hetero) is 6. The van der Waals surface area contributed by atoms with Gasteiger partial charge in [-0.2, -0.15) is 5.10 Å². The molecule has 11 aliphatic rings. The molecule has 732 valence electrons. The molecule has 0 unspecified atom stereocenters. The Balaban J connectivity index is 0.000000109. The molecule has 11 aliphatic heterocycles. The van der Waals surface area contributed by atoms with Crippen LogP contribution in [0.5, 0.6) is 57.5 Å². The van der Waals surface area contributed by atoms with Gasteiger partial charge < -0.3 is 62.9 Å². The molecule has 0 saturated heterocycles. The van der Waals surface area contributed by atoms with Crippen LogP contribution in [0.2, 0.25) is 0 Å². The number of hydrogen-bond acceptors (Lipinski definition) is 24. The minimum absolute atomic E-state index is 0.0614. The summed E-state index contributed by atoms with van der Waals surface area (Å²) in [5.74, 6) is 8.87. The third kappa shape index (κ3) is 25.2. The van der Waals surface area contributed by atoms with Crippen molar-refractivity contribution in [1.82, 2.24) is 29.8 Å². The van der Waals surface area contributed by atoms with E-state index in [1.54, 1.807) is 59.3 Å². The Labute approximate surface area is 834 Å².